The van der Waals surface area contributed by atoms with Crippen LogP contribution < -0.4 is 15.4 Å². The lowest BCUT2D eigenvalue weighted by Gasteiger charge is -1.98. The largest absolute Gasteiger partial charge is 0.480 e. The van der Waals surface area contributed by atoms with Crippen molar-refractivity contribution >= 4 is 29.1 Å². The molecule has 20 heavy (non-hydrogen) atoms. The van der Waals surface area contributed by atoms with Crippen LogP contribution in [-0.4, -0.2) is 43.2 Å². The Bertz CT molecular complexity index is 746. The number of anilines is 1. The number of aliphatic carboxylic acids is 2. The van der Waals surface area contributed by atoms with Crippen LogP contribution in [0.4, 0.5) is 5.95 Å². The van der Waals surface area contributed by atoms with Crippen LogP contribution in [0.2, 0.25) is 0 Å². The molecule has 2 heterocycles. The number of aromatic nitrogens is 4. The van der Waals surface area contributed by atoms with Gasteiger partial charge in [0.1, 0.15) is 6.54 Å². The van der Waals surface area contributed by atoms with E-state index in [1.807, 2.05) is 0 Å². The number of hydrogen-bond acceptors (Lipinski definition) is 5. The van der Waals surface area contributed by atoms with Gasteiger partial charge < -0.3 is 15.5 Å². The molecule has 106 valence electrons. The second kappa shape index (κ2) is 4.99. The predicted octanol–water partition coefficient (Wildman–Crippen LogP) is -1.87. The summed E-state index contributed by atoms with van der Waals surface area (Å²) < 4.78 is 2.74. The van der Waals surface area contributed by atoms with Crippen LogP contribution >= 0.6 is 0 Å². The van der Waals surface area contributed by atoms with Crippen molar-refractivity contribution < 1.29 is 24.4 Å². The van der Waals surface area contributed by atoms with Crippen molar-refractivity contribution in [2.24, 2.45) is 7.05 Å². The monoisotopic (exact) mass is 282 g/mol. The first-order chi connectivity index (χ1) is 9.38. The van der Waals surface area contributed by atoms with E-state index in [-0.39, 0.29) is 23.7 Å². The van der Waals surface area contributed by atoms with Gasteiger partial charge in [-0.05, 0) is 0 Å². The van der Waals surface area contributed by atoms with Crippen LogP contribution in [0.3, 0.4) is 0 Å². The second-order valence-corrected chi connectivity index (χ2v) is 4.08. The third-order valence-corrected chi connectivity index (χ3v) is 2.53. The van der Waals surface area contributed by atoms with Crippen molar-refractivity contribution in [2.75, 3.05) is 11.9 Å². The summed E-state index contributed by atoms with van der Waals surface area (Å²) in [4.78, 5) is 39.6. The molecule has 0 atom stereocenters. The van der Waals surface area contributed by atoms with E-state index >= 15 is 0 Å². The van der Waals surface area contributed by atoms with Crippen LogP contribution in [-0.2, 0) is 23.2 Å². The molecular weight excluding hydrogens is 270 g/mol. The first-order valence-electron chi connectivity index (χ1n) is 5.54. The molecule has 0 aliphatic heterocycles. The van der Waals surface area contributed by atoms with Gasteiger partial charge in [0.15, 0.2) is 12.9 Å². The molecule has 0 aliphatic carbocycles. The van der Waals surface area contributed by atoms with Gasteiger partial charge in [-0.2, -0.15) is 0 Å². The molecule has 0 saturated carbocycles. The second-order valence-electron chi connectivity index (χ2n) is 4.08. The molecule has 0 aliphatic rings. The maximum atomic E-state index is 11.9. The summed E-state index contributed by atoms with van der Waals surface area (Å²) in [7, 11) is 1.59. The number of carbonyl (C=O) groups is 2. The van der Waals surface area contributed by atoms with Crippen molar-refractivity contribution in [1.82, 2.24) is 14.5 Å². The lowest BCUT2D eigenvalue weighted by molar-refractivity contribution is -0.662. The number of nitrogens with zero attached hydrogens (tertiary/aromatic N) is 3. The molecule has 0 saturated heterocycles. The number of aromatic amines is 1. The smallest absolute Gasteiger partial charge is 0.338 e. The number of rotatable bonds is 5. The fraction of sp³-hybridized carbons (Fsp3) is 0.300. The van der Waals surface area contributed by atoms with Crippen LogP contribution in [0.1, 0.15) is 0 Å². The van der Waals surface area contributed by atoms with Crippen molar-refractivity contribution in [3.63, 3.8) is 0 Å². The minimum absolute atomic E-state index is 0.0322. The molecule has 0 radical (unpaired) electrons. The Balaban J connectivity index is 2.52. The molecule has 2 rings (SSSR count). The lowest BCUT2D eigenvalue weighted by Crippen LogP contribution is -2.37. The molecule has 10 heteroatoms. The quantitative estimate of drug-likeness (QED) is 0.471. The topological polar surface area (TPSA) is 141 Å². The minimum Gasteiger partial charge on any atom is -0.480 e. The third kappa shape index (κ3) is 2.58. The third-order valence-electron chi connectivity index (χ3n) is 2.53. The molecule has 0 unspecified atom stereocenters. The van der Waals surface area contributed by atoms with Gasteiger partial charge in [0.25, 0.3) is 11.5 Å². The van der Waals surface area contributed by atoms with E-state index in [0.29, 0.717) is 0 Å². The number of H-pyrrole nitrogens is 1. The summed E-state index contributed by atoms with van der Waals surface area (Å²) in [5.74, 6) is -2.22. The number of carboxylic acid groups (broad SMARTS) is 2. The number of aryl methyl sites for hydroxylation is 1. The summed E-state index contributed by atoms with van der Waals surface area (Å²) >= 11 is 0. The minimum atomic E-state index is -1.11. The molecule has 0 fully saturated rings. The lowest BCUT2D eigenvalue weighted by atomic mass is 10.5. The highest BCUT2D eigenvalue weighted by molar-refractivity contribution is 5.73. The van der Waals surface area contributed by atoms with E-state index in [9.17, 15) is 14.4 Å². The Hall–Kier alpha value is -2.91. The van der Waals surface area contributed by atoms with E-state index < -0.39 is 24.0 Å². The number of carboxylic acids is 2. The first kappa shape index (κ1) is 13.5. The zero-order chi connectivity index (χ0) is 14.9. The number of nitrogens with one attached hydrogen (secondary N) is 2. The Morgan fingerprint density at radius 3 is 2.75 bits per heavy atom. The fourth-order valence-electron chi connectivity index (χ4n) is 1.80. The van der Waals surface area contributed by atoms with E-state index in [4.69, 9.17) is 10.2 Å². The first-order valence-corrected chi connectivity index (χ1v) is 5.54. The zero-order valence-corrected chi connectivity index (χ0v) is 10.5. The van der Waals surface area contributed by atoms with Crippen molar-refractivity contribution in [2.45, 2.75) is 6.54 Å². The summed E-state index contributed by atoms with van der Waals surface area (Å²) in [6, 6.07) is 0. The van der Waals surface area contributed by atoms with Gasteiger partial charge in [0, 0.05) is 0 Å². The summed E-state index contributed by atoms with van der Waals surface area (Å²) in [6.07, 6.45) is 1.43. The highest BCUT2D eigenvalue weighted by atomic mass is 16.4. The Morgan fingerprint density at radius 2 is 2.15 bits per heavy atom. The maximum absolute atomic E-state index is 11.9. The van der Waals surface area contributed by atoms with E-state index in [1.165, 1.54) is 15.5 Å². The molecule has 0 amide bonds. The van der Waals surface area contributed by atoms with Crippen LogP contribution in [0, 0.1) is 0 Å². The average Bonchev–Trinajstić information content (AvgIpc) is 2.63. The van der Waals surface area contributed by atoms with Gasteiger partial charge in [0.05, 0.1) is 7.05 Å². The number of hydrogen-bond donors (Lipinski definition) is 4. The van der Waals surface area contributed by atoms with Gasteiger partial charge in [-0.1, -0.05) is 4.98 Å². The molecule has 0 bridgehead atoms. The fourth-order valence-corrected chi connectivity index (χ4v) is 1.80. The van der Waals surface area contributed by atoms with Crippen LogP contribution in [0.25, 0.3) is 11.2 Å². The maximum Gasteiger partial charge on any atom is 0.338 e. The van der Waals surface area contributed by atoms with Gasteiger partial charge in [-0.3, -0.25) is 19.1 Å². The van der Waals surface area contributed by atoms with Crippen LogP contribution in [0.5, 0.6) is 0 Å². The summed E-state index contributed by atoms with van der Waals surface area (Å²) in [5.41, 5.74) is -0.131. The molecule has 10 nitrogen and oxygen atoms in total. The Kier molecular flexibility index (Phi) is 3.37. The van der Waals surface area contributed by atoms with Gasteiger partial charge in [-0.15, -0.1) is 0 Å². The molecule has 2 aromatic rings. The Morgan fingerprint density at radius 1 is 1.45 bits per heavy atom. The SMILES string of the molecule is Cn1c[n+](CC(=O)O)c2nc(NCC(=O)O)[nH]c(=O)c21. The summed E-state index contributed by atoms with van der Waals surface area (Å²) in [5, 5.41) is 19.8. The standard InChI is InChI=1S/C10H11N5O5/c1-14-4-15(3-6(18)19)8-7(14)9(20)13-10(12-8)11-2-5(16)17/h4H,2-3H2,1H3,(H3-,11,12,13,16,17,18,19,20)/p+1. The normalized spacial score (nSPS) is 10.7. The van der Waals surface area contributed by atoms with Gasteiger partial charge >= 0.3 is 17.6 Å². The van der Waals surface area contributed by atoms with Crippen LogP contribution in [0.15, 0.2) is 11.1 Å². The predicted molar refractivity (Wildman–Crippen MR) is 65.3 cm³/mol. The van der Waals surface area contributed by atoms with E-state index in [2.05, 4.69) is 15.3 Å². The zero-order valence-electron chi connectivity index (χ0n) is 10.5. The molecule has 2 aromatic heterocycles. The van der Waals surface area contributed by atoms with Gasteiger partial charge in [-0.25, -0.2) is 9.36 Å². The Labute approximate surface area is 111 Å². The number of fused-ring (bicyclic) bond motifs is 1. The van der Waals surface area contributed by atoms with Crippen molar-refractivity contribution in [1.29, 1.82) is 0 Å². The highest BCUT2D eigenvalue weighted by Crippen LogP contribution is 2.04. The molecule has 4 N–H and O–H groups in total. The van der Waals surface area contributed by atoms with Gasteiger partial charge in [0.2, 0.25) is 5.52 Å². The highest BCUT2D eigenvalue weighted by Gasteiger charge is 2.21. The molecular formula is C10H12N5O5+. The van der Waals surface area contributed by atoms with Crippen molar-refractivity contribution in [3.05, 3.63) is 16.7 Å². The van der Waals surface area contributed by atoms with E-state index in [1.54, 1.807) is 7.05 Å². The van der Waals surface area contributed by atoms with E-state index in [0.717, 1.165) is 0 Å². The van der Waals surface area contributed by atoms with Crippen molar-refractivity contribution in [3.8, 4) is 0 Å². The summed E-state index contributed by atoms with van der Waals surface area (Å²) in [6.45, 7) is -0.771. The number of imidazole rings is 1. The molecule has 0 spiro atoms. The molecule has 0 aromatic carbocycles. The average molecular weight is 282 g/mol.